The molecule has 4 heteroatoms. The van der Waals surface area contributed by atoms with Crippen LogP contribution in [0.2, 0.25) is 0 Å². The Kier molecular flexibility index (Phi) is 9.88. The largest absolute Gasteiger partial charge is 0.494 e. The van der Waals surface area contributed by atoms with E-state index in [1.54, 1.807) is 0 Å². The Balaban J connectivity index is 1.63. The molecule has 1 aromatic carbocycles. The standard InChI is InChI=1S/C22H34N2O2/c1-2-3-4-8-16-26-21-13-9-12-20(17-21)24-22(25)18-23-15-14-19-10-6-5-7-11-19/h9-10,12-13,17,23H,2-8,11,14-16,18H2,1H3,(H,24,25). The number of carbonyl (C=O) groups excluding carboxylic acids is 1. The second kappa shape index (κ2) is 12.5. The van der Waals surface area contributed by atoms with Gasteiger partial charge in [0.2, 0.25) is 5.91 Å². The minimum absolute atomic E-state index is 0.0114. The van der Waals surface area contributed by atoms with Crippen LogP contribution in [0.25, 0.3) is 0 Å². The summed E-state index contributed by atoms with van der Waals surface area (Å²) in [6.45, 7) is 4.14. The molecule has 26 heavy (non-hydrogen) atoms. The van der Waals surface area contributed by atoms with E-state index in [9.17, 15) is 4.79 Å². The molecule has 1 aliphatic carbocycles. The summed E-state index contributed by atoms with van der Waals surface area (Å²) >= 11 is 0. The van der Waals surface area contributed by atoms with Crippen LogP contribution in [-0.2, 0) is 4.79 Å². The van der Waals surface area contributed by atoms with Crippen molar-refractivity contribution in [1.29, 1.82) is 0 Å². The van der Waals surface area contributed by atoms with Crippen molar-refractivity contribution in [2.45, 2.75) is 64.7 Å². The van der Waals surface area contributed by atoms with Crippen LogP contribution in [0.4, 0.5) is 5.69 Å². The van der Waals surface area contributed by atoms with Crippen LogP contribution in [0, 0.1) is 0 Å². The lowest BCUT2D eigenvalue weighted by Gasteiger charge is -2.13. The summed E-state index contributed by atoms with van der Waals surface area (Å²) in [5, 5.41) is 6.17. The van der Waals surface area contributed by atoms with Gasteiger partial charge in [-0.25, -0.2) is 0 Å². The van der Waals surface area contributed by atoms with Gasteiger partial charge in [0.05, 0.1) is 13.2 Å². The van der Waals surface area contributed by atoms with Gasteiger partial charge in [0.15, 0.2) is 0 Å². The van der Waals surface area contributed by atoms with Gasteiger partial charge in [-0.3, -0.25) is 4.79 Å². The normalized spacial score (nSPS) is 14.0. The third-order valence-corrected chi connectivity index (χ3v) is 4.68. The van der Waals surface area contributed by atoms with Gasteiger partial charge in [-0.1, -0.05) is 43.9 Å². The maximum atomic E-state index is 12.1. The van der Waals surface area contributed by atoms with Crippen molar-refractivity contribution in [2.75, 3.05) is 25.0 Å². The Bertz CT molecular complexity index is 569. The monoisotopic (exact) mass is 358 g/mol. The molecule has 0 fully saturated rings. The van der Waals surface area contributed by atoms with Crippen molar-refractivity contribution in [2.24, 2.45) is 0 Å². The number of ether oxygens (including phenoxy) is 1. The highest BCUT2D eigenvalue weighted by atomic mass is 16.5. The average Bonchev–Trinajstić information content (AvgIpc) is 2.66. The zero-order valence-corrected chi connectivity index (χ0v) is 16.2. The van der Waals surface area contributed by atoms with Gasteiger partial charge in [-0.05, 0) is 57.2 Å². The van der Waals surface area contributed by atoms with Crippen LogP contribution >= 0.6 is 0 Å². The molecule has 0 aromatic heterocycles. The van der Waals surface area contributed by atoms with Crippen LogP contribution < -0.4 is 15.4 Å². The molecular formula is C22H34N2O2. The first-order valence-corrected chi connectivity index (χ1v) is 10.2. The summed E-state index contributed by atoms with van der Waals surface area (Å²) in [6.07, 6.45) is 13.2. The SMILES string of the molecule is CCCCCCOc1cccc(NC(=O)CNCCC2=CCCCC2)c1. The number of anilines is 1. The molecule has 144 valence electrons. The Labute approximate surface area is 158 Å². The number of allylic oxidation sites excluding steroid dienone is 1. The van der Waals surface area contributed by atoms with E-state index < -0.39 is 0 Å². The lowest BCUT2D eigenvalue weighted by molar-refractivity contribution is -0.115. The van der Waals surface area contributed by atoms with E-state index in [4.69, 9.17) is 4.74 Å². The molecule has 0 radical (unpaired) electrons. The molecule has 2 rings (SSSR count). The third-order valence-electron chi connectivity index (χ3n) is 4.68. The summed E-state index contributed by atoms with van der Waals surface area (Å²) in [5.41, 5.74) is 2.32. The van der Waals surface area contributed by atoms with Gasteiger partial charge in [0, 0.05) is 11.8 Å². The molecule has 0 heterocycles. The minimum Gasteiger partial charge on any atom is -0.494 e. The highest BCUT2D eigenvalue weighted by molar-refractivity contribution is 5.92. The van der Waals surface area contributed by atoms with E-state index in [1.807, 2.05) is 24.3 Å². The zero-order valence-electron chi connectivity index (χ0n) is 16.2. The second-order valence-corrected chi connectivity index (χ2v) is 7.02. The topological polar surface area (TPSA) is 50.4 Å². The zero-order chi connectivity index (χ0) is 18.5. The number of hydrogen-bond donors (Lipinski definition) is 2. The van der Waals surface area contributed by atoms with Gasteiger partial charge >= 0.3 is 0 Å². The molecule has 1 amide bonds. The number of carbonyl (C=O) groups is 1. The highest BCUT2D eigenvalue weighted by Crippen LogP contribution is 2.19. The summed E-state index contributed by atoms with van der Waals surface area (Å²) in [6, 6.07) is 7.64. The van der Waals surface area contributed by atoms with Gasteiger partial charge in [-0.15, -0.1) is 0 Å². The van der Waals surface area contributed by atoms with Crippen LogP contribution in [-0.4, -0.2) is 25.6 Å². The molecule has 2 N–H and O–H groups in total. The van der Waals surface area contributed by atoms with Crippen molar-refractivity contribution in [3.8, 4) is 5.75 Å². The third kappa shape index (κ3) is 8.52. The molecule has 0 atom stereocenters. The summed E-state index contributed by atoms with van der Waals surface area (Å²) < 4.78 is 5.77. The Hall–Kier alpha value is -1.81. The van der Waals surface area contributed by atoms with Gasteiger partial charge in [-0.2, -0.15) is 0 Å². The number of nitrogens with one attached hydrogen (secondary N) is 2. The van der Waals surface area contributed by atoms with Crippen LogP contribution in [0.15, 0.2) is 35.9 Å². The lowest BCUT2D eigenvalue weighted by Crippen LogP contribution is -2.29. The van der Waals surface area contributed by atoms with Gasteiger partial charge < -0.3 is 15.4 Å². The molecule has 1 aliphatic rings. The lowest BCUT2D eigenvalue weighted by atomic mass is 9.97. The Morgan fingerprint density at radius 3 is 2.92 bits per heavy atom. The van der Waals surface area contributed by atoms with Gasteiger partial charge in [0.25, 0.3) is 0 Å². The predicted molar refractivity (Wildman–Crippen MR) is 109 cm³/mol. The fraction of sp³-hybridized carbons (Fsp3) is 0.591. The number of rotatable bonds is 12. The van der Waals surface area contributed by atoms with E-state index in [-0.39, 0.29) is 5.91 Å². The van der Waals surface area contributed by atoms with E-state index in [0.717, 1.165) is 37.4 Å². The smallest absolute Gasteiger partial charge is 0.238 e. The molecule has 4 nitrogen and oxygen atoms in total. The molecule has 0 unspecified atom stereocenters. The molecule has 0 aliphatic heterocycles. The fourth-order valence-electron chi connectivity index (χ4n) is 3.17. The number of unbranched alkanes of at least 4 members (excludes halogenated alkanes) is 3. The summed E-state index contributed by atoms with van der Waals surface area (Å²) in [4.78, 5) is 12.1. The van der Waals surface area contributed by atoms with Crippen molar-refractivity contribution in [3.63, 3.8) is 0 Å². The van der Waals surface area contributed by atoms with E-state index in [2.05, 4.69) is 23.6 Å². The molecular weight excluding hydrogens is 324 g/mol. The molecule has 0 spiro atoms. The quantitative estimate of drug-likeness (QED) is 0.405. The van der Waals surface area contributed by atoms with E-state index in [0.29, 0.717) is 6.54 Å². The van der Waals surface area contributed by atoms with Crippen LogP contribution in [0.1, 0.15) is 64.7 Å². The first-order valence-electron chi connectivity index (χ1n) is 10.2. The van der Waals surface area contributed by atoms with E-state index in [1.165, 1.54) is 50.5 Å². The molecule has 0 bridgehead atoms. The maximum Gasteiger partial charge on any atom is 0.238 e. The highest BCUT2D eigenvalue weighted by Gasteiger charge is 2.05. The summed E-state index contributed by atoms with van der Waals surface area (Å²) in [7, 11) is 0. The maximum absolute atomic E-state index is 12.1. The van der Waals surface area contributed by atoms with Crippen molar-refractivity contribution >= 4 is 11.6 Å². The minimum atomic E-state index is -0.0114. The summed E-state index contributed by atoms with van der Waals surface area (Å²) in [5.74, 6) is 0.805. The first-order chi connectivity index (χ1) is 12.8. The molecule has 1 aromatic rings. The fourth-order valence-corrected chi connectivity index (χ4v) is 3.17. The van der Waals surface area contributed by atoms with Gasteiger partial charge in [0.1, 0.15) is 5.75 Å². The van der Waals surface area contributed by atoms with Crippen molar-refractivity contribution in [1.82, 2.24) is 5.32 Å². The molecule has 0 saturated heterocycles. The van der Waals surface area contributed by atoms with Crippen molar-refractivity contribution < 1.29 is 9.53 Å². The predicted octanol–water partition coefficient (Wildman–Crippen LogP) is 5.06. The first kappa shape index (κ1) is 20.5. The number of benzene rings is 1. The average molecular weight is 359 g/mol. The number of amides is 1. The van der Waals surface area contributed by atoms with Crippen LogP contribution in [0.5, 0.6) is 5.75 Å². The van der Waals surface area contributed by atoms with Crippen molar-refractivity contribution in [3.05, 3.63) is 35.9 Å². The Morgan fingerprint density at radius 2 is 2.12 bits per heavy atom. The number of hydrogen-bond acceptors (Lipinski definition) is 3. The molecule has 0 saturated carbocycles. The van der Waals surface area contributed by atoms with Crippen LogP contribution in [0.3, 0.4) is 0 Å². The second-order valence-electron chi connectivity index (χ2n) is 7.02. The Morgan fingerprint density at radius 1 is 1.19 bits per heavy atom. The van der Waals surface area contributed by atoms with E-state index >= 15 is 0 Å².